The molecule has 25 heavy (non-hydrogen) atoms. The molecule has 1 aliphatic heterocycles. The number of nitrogens with zero attached hydrogens (tertiary/aromatic N) is 3. The average molecular weight is 356 g/mol. The van der Waals surface area contributed by atoms with E-state index in [1.807, 2.05) is 18.2 Å². The fourth-order valence-corrected chi connectivity index (χ4v) is 3.59. The standard InChI is InChI=1S/C18H20N4O2S/c1-24-16-4-2-3-15(11-16)22-8-6-21(7-9-22)13-17(23)20-18-14(12-19)5-10-25-18/h2-5,10-11H,6-9,13H2,1H3,(H,20,23). The third-order valence-electron chi connectivity index (χ3n) is 4.20. The maximum absolute atomic E-state index is 12.2. The van der Waals surface area contributed by atoms with Crippen LogP contribution in [0.3, 0.4) is 0 Å². The fraction of sp³-hybridized carbons (Fsp3) is 0.333. The number of ether oxygens (including phenoxy) is 1. The number of methoxy groups -OCH3 is 1. The van der Waals surface area contributed by atoms with Crippen molar-refractivity contribution in [3.8, 4) is 11.8 Å². The Balaban J connectivity index is 1.50. The molecule has 0 aliphatic carbocycles. The summed E-state index contributed by atoms with van der Waals surface area (Å²) in [5.41, 5.74) is 1.65. The van der Waals surface area contributed by atoms with E-state index in [2.05, 4.69) is 27.3 Å². The Kier molecular flexibility index (Phi) is 5.53. The van der Waals surface area contributed by atoms with Gasteiger partial charge in [0.15, 0.2) is 0 Å². The van der Waals surface area contributed by atoms with Gasteiger partial charge in [-0.2, -0.15) is 5.26 Å². The number of hydrogen-bond donors (Lipinski definition) is 1. The molecule has 130 valence electrons. The second kappa shape index (κ2) is 8.01. The number of hydrogen-bond acceptors (Lipinski definition) is 6. The second-order valence-electron chi connectivity index (χ2n) is 5.79. The molecule has 1 aromatic carbocycles. The van der Waals surface area contributed by atoms with Crippen molar-refractivity contribution in [1.29, 1.82) is 5.26 Å². The van der Waals surface area contributed by atoms with Gasteiger partial charge in [-0.3, -0.25) is 9.69 Å². The van der Waals surface area contributed by atoms with E-state index in [0.717, 1.165) is 37.6 Å². The largest absolute Gasteiger partial charge is 0.497 e. The molecular formula is C18H20N4O2S. The van der Waals surface area contributed by atoms with Crippen molar-refractivity contribution in [2.75, 3.05) is 50.1 Å². The number of carbonyl (C=O) groups excluding carboxylic acids is 1. The summed E-state index contributed by atoms with van der Waals surface area (Å²) < 4.78 is 5.28. The Bertz CT molecular complexity index is 775. The van der Waals surface area contributed by atoms with Crippen LogP contribution in [0.15, 0.2) is 35.7 Å². The van der Waals surface area contributed by atoms with E-state index in [1.54, 1.807) is 18.6 Å². The summed E-state index contributed by atoms with van der Waals surface area (Å²) in [5, 5.41) is 14.3. The van der Waals surface area contributed by atoms with Crippen LogP contribution in [0.25, 0.3) is 0 Å². The van der Waals surface area contributed by atoms with Crippen LogP contribution in [0.1, 0.15) is 5.56 Å². The van der Waals surface area contributed by atoms with Crippen LogP contribution in [0, 0.1) is 11.3 Å². The summed E-state index contributed by atoms with van der Waals surface area (Å²) in [7, 11) is 1.67. The minimum Gasteiger partial charge on any atom is -0.497 e. The molecule has 1 amide bonds. The van der Waals surface area contributed by atoms with Gasteiger partial charge in [0, 0.05) is 37.9 Å². The SMILES string of the molecule is COc1cccc(N2CCN(CC(=O)Nc3sccc3C#N)CC2)c1. The number of nitrogens with one attached hydrogen (secondary N) is 1. The van der Waals surface area contributed by atoms with Crippen LogP contribution in [-0.2, 0) is 4.79 Å². The lowest BCUT2D eigenvalue weighted by Crippen LogP contribution is -2.48. The Morgan fingerprint density at radius 2 is 2.12 bits per heavy atom. The first-order valence-corrected chi connectivity index (χ1v) is 8.96. The molecule has 1 fully saturated rings. The second-order valence-corrected chi connectivity index (χ2v) is 6.70. The number of nitriles is 1. The molecule has 7 heteroatoms. The highest BCUT2D eigenvalue weighted by Gasteiger charge is 2.20. The zero-order valence-corrected chi connectivity index (χ0v) is 14.9. The Labute approximate surface area is 151 Å². The Morgan fingerprint density at radius 1 is 1.32 bits per heavy atom. The maximum Gasteiger partial charge on any atom is 0.239 e. The predicted molar refractivity (Wildman–Crippen MR) is 99.3 cm³/mol. The summed E-state index contributed by atoms with van der Waals surface area (Å²) in [4.78, 5) is 16.6. The lowest BCUT2D eigenvalue weighted by Gasteiger charge is -2.35. The summed E-state index contributed by atoms with van der Waals surface area (Å²) in [6, 6.07) is 11.8. The topological polar surface area (TPSA) is 68.6 Å². The highest BCUT2D eigenvalue weighted by Crippen LogP contribution is 2.23. The highest BCUT2D eigenvalue weighted by molar-refractivity contribution is 7.14. The molecule has 2 heterocycles. The average Bonchev–Trinajstić information content (AvgIpc) is 3.09. The van der Waals surface area contributed by atoms with Crippen molar-refractivity contribution < 1.29 is 9.53 Å². The van der Waals surface area contributed by atoms with Gasteiger partial charge in [0.1, 0.15) is 16.8 Å². The first kappa shape index (κ1) is 17.3. The molecule has 0 atom stereocenters. The number of thiophene rings is 1. The van der Waals surface area contributed by atoms with E-state index >= 15 is 0 Å². The van der Waals surface area contributed by atoms with Crippen LogP contribution >= 0.6 is 11.3 Å². The smallest absolute Gasteiger partial charge is 0.239 e. The van der Waals surface area contributed by atoms with Gasteiger partial charge in [-0.05, 0) is 23.6 Å². The van der Waals surface area contributed by atoms with Gasteiger partial charge < -0.3 is 15.0 Å². The molecule has 0 spiro atoms. The van der Waals surface area contributed by atoms with Crippen molar-refractivity contribution in [2.24, 2.45) is 0 Å². The van der Waals surface area contributed by atoms with Crippen molar-refractivity contribution in [2.45, 2.75) is 0 Å². The minimum atomic E-state index is -0.0752. The van der Waals surface area contributed by atoms with Crippen molar-refractivity contribution in [3.05, 3.63) is 41.3 Å². The monoisotopic (exact) mass is 356 g/mol. The summed E-state index contributed by atoms with van der Waals surface area (Å²) >= 11 is 1.37. The minimum absolute atomic E-state index is 0.0752. The number of piperazine rings is 1. The quantitative estimate of drug-likeness (QED) is 0.891. The molecule has 1 saturated heterocycles. The zero-order chi connectivity index (χ0) is 17.6. The van der Waals surface area contributed by atoms with E-state index in [1.165, 1.54) is 11.3 Å². The van der Waals surface area contributed by atoms with Crippen molar-refractivity contribution in [1.82, 2.24) is 4.90 Å². The predicted octanol–water partition coefficient (Wildman–Crippen LogP) is 2.39. The van der Waals surface area contributed by atoms with Gasteiger partial charge in [-0.25, -0.2) is 0 Å². The Hall–Kier alpha value is -2.56. The molecule has 2 aromatic rings. The number of benzene rings is 1. The molecule has 0 saturated carbocycles. The van der Waals surface area contributed by atoms with E-state index in [-0.39, 0.29) is 5.91 Å². The van der Waals surface area contributed by atoms with Gasteiger partial charge in [-0.1, -0.05) is 6.07 Å². The maximum atomic E-state index is 12.2. The molecule has 1 aliphatic rings. The van der Waals surface area contributed by atoms with E-state index < -0.39 is 0 Å². The summed E-state index contributed by atoms with van der Waals surface area (Å²) in [5.74, 6) is 0.775. The van der Waals surface area contributed by atoms with Gasteiger partial charge >= 0.3 is 0 Å². The third-order valence-corrected chi connectivity index (χ3v) is 5.03. The molecule has 0 bridgehead atoms. The lowest BCUT2D eigenvalue weighted by molar-refractivity contribution is -0.117. The lowest BCUT2D eigenvalue weighted by atomic mass is 10.2. The highest BCUT2D eigenvalue weighted by atomic mass is 32.1. The van der Waals surface area contributed by atoms with Gasteiger partial charge in [0.2, 0.25) is 5.91 Å². The molecule has 0 unspecified atom stereocenters. The van der Waals surface area contributed by atoms with Crippen molar-refractivity contribution in [3.63, 3.8) is 0 Å². The van der Waals surface area contributed by atoms with Gasteiger partial charge in [0.05, 0.1) is 19.2 Å². The molecule has 0 radical (unpaired) electrons. The molecular weight excluding hydrogens is 336 g/mol. The van der Waals surface area contributed by atoms with E-state index in [9.17, 15) is 4.79 Å². The summed E-state index contributed by atoms with van der Waals surface area (Å²) in [6.45, 7) is 3.71. The van der Waals surface area contributed by atoms with Crippen LogP contribution < -0.4 is 15.0 Å². The summed E-state index contributed by atoms with van der Waals surface area (Å²) in [6.07, 6.45) is 0. The zero-order valence-electron chi connectivity index (χ0n) is 14.1. The fourth-order valence-electron chi connectivity index (χ4n) is 2.83. The van der Waals surface area contributed by atoms with Crippen LogP contribution in [0.5, 0.6) is 5.75 Å². The first-order chi connectivity index (χ1) is 12.2. The molecule has 3 rings (SSSR count). The van der Waals surface area contributed by atoms with Crippen LogP contribution in [0.2, 0.25) is 0 Å². The molecule has 1 aromatic heterocycles. The van der Waals surface area contributed by atoms with E-state index in [4.69, 9.17) is 10.00 Å². The van der Waals surface area contributed by atoms with E-state index in [0.29, 0.717) is 17.1 Å². The number of amides is 1. The van der Waals surface area contributed by atoms with Gasteiger partial charge in [-0.15, -0.1) is 11.3 Å². The van der Waals surface area contributed by atoms with Crippen LogP contribution in [-0.4, -0.2) is 50.6 Å². The Morgan fingerprint density at radius 3 is 2.84 bits per heavy atom. The van der Waals surface area contributed by atoms with Gasteiger partial charge in [0.25, 0.3) is 0 Å². The first-order valence-electron chi connectivity index (χ1n) is 8.08. The van der Waals surface area contributed by atoms with Crippen molar-refractivity contribution >= 4 is 27.9 Å². The number of carbonyl (C=O) groups is 1. The van der Waals surface area contributed by atoms with Crippen LogP contribution in [0.4, 0.5) is 10.7 Å². The number of anilines is 2. The number of rotatable bonds is 5. The third kappa shape index (κ3) is 4.29. The molecule has 1 N–H and O–H groups in total. The molecule has 6 nitrogen and oxygen atoms in total. The normalized spacial score (nSPS) is 14.8.